The van der Waals surface area contributed by atoms with Crippen LogP contribution in [0.25, 0.3) is 16.9 Å². The molecule has 1 aromatic carbocycles. The highest BCUT2D eigenvalue weighted by Crippen LogP contribution is 2.47. The zero-order valence-electron chi connectivity index (χ0n) is 20.0. The molecule has 3 aliphatic rings. The second kappa shape index (κ2) is 7.93. The second-order valence-corrected chi connectivity index (χ2v) is 10.6. The van der Waals surface area contributed by atoms with Gasteiger partial charge >= 0.3 is 0 Å². The van der Waals surface area contributed by atoms with Crippen molar-refractivity contribution in [3.63, 3.8) is 0 Å². The van der Waals surface area contributed by atoms with E-state index in [1.807, 2.05) is 11.8 Å². The molecule has 186 valence electrons. The molecule has 6 rings (SSSR count). The van der Waals surface area contributed by atoms with E-state index in [9.17, 15) is 9.50 Å². The van der Waals surface area contributed by atoms with E-state index in [0.717, 1.165) is 31.9 Å². The fourth-order valence-corrected chi connectivity index (χ4v) is 5.82. The fraction of sp³-hybridized carbons (Fsp3) is 0.480. The van der Waals surface area contributed by atoms with Gasteiger partial charge in [-0.15, -0.1) is 10.2 Å². The lowest BCUT2D eigenvalue weighted by Gasteiger charge is -2.48. The van der Waals surface area contributed by atoms with E-state index in [4.69, 9.17) is 5.26 Å². The van der Waals surface area contributed by atoms with Crippen LogP contribution >= 0.6 is 0 Å². The number of nitrogens with zero attached hydrogens (tertiary/aromatic N) is 7. The second-order valence-electron chi connectivity index (χ2n) is 10.6. The number of benzene rings is 1. The number of phenolic OH excluding ortho intramolecular Hbond substituents is 1. The zero-order valence-corrected chi connectivity index (χ0v) is 20.0. The Morgan fingerprint density at radius 3 is 2.69 bits per heavy atom. The van der Waals surface area contributed by atoms with Crippen LogP contribution in [0.1, 0.15) is 51.6 Å². The molecule has 4 heterocycles. The van der Waals surface area contributed by atoms with Crippen molar-refractivity contribution in [2.24, 2.45) is 0 Å². The highest BCUT2D eigenvalue weighted by atomic mass is 19.1. The predicted molar refractivity (Wildman–Crippen MR) is 127 cm³/mol. The number of halogens is 2. The van der Waals surface area contributed by atoms with Crippen LogP contribution in [0.15, 0.2) is 30.6 Å². The molecular formula is C25H26F2N8O. The number of nitrogens with one attached hydrogen (secondary N) is 1. The van der Waals surface area contributed by atoms with E-state index in [1.165, 1.54) is 16.9 Å². The van der Waals surface area contributed by atoms with E-state index in [-0.39, 0.29) is 29.1 Å². The maximum atomic E-state index is 15.8. The van der Waals surface area contributed by atoms with E-state index >= 15 is 4.39 Å². The molecule has 3 aromatic rings. The molecule has 9 nitrogen and oxygen atoms in total. The first-order valence-electron chi connectivity index (χ1n) is 12.1. The summed E-state index contributed by atoms with van der Waals surface area (Å²) >= 11 is 0. The van der Waals surface area contributed by atoms with E-state index in [0.29, 0.717) is 29.3 Å². The number of anilines is 1. The van der Waals surface area contributed by atoms with Crippen LogP contribution in [0.2, 0.25) is 0 Å². The largest absolute Gasteiger partial charge is 0.507 e. The number of alkyl halides is 1. The molecule has 0 radical (unpaired) electrons. The SMILES string of the molecule is C[C@]12CC[C@](C)(N1)[C@H](F)[C@H](N(c1ncc(-c3ccc(-n4cc(F)c(C#N)n4)cc3O)nn1)C1CC1)C2. The molecule has 36 heavy (non-hydrogen) atoms. The van der Waals surface area contributed by atoms with Crippen molar-refractivity contribution < 1.29 is 13.9 Å². The highest BCUT2D eigenvalue weighted by molar-refractivity contribution is 5.68. The highest BCUT2D eigenvalue weighted by Gasteiger charge is 2.58. The van der Waals surface area contributed by atoms with Gasteiger partial charge in [-0.3, -0.25) is 0 Å². The van der Waals surface area contributed by atoms with Gasteiger partial charge in [0.2, 0.25) is 5.95 Å². The summed E-state index contributed by atoms with van der Waals surface area (Å²) in [4.78, 5) is 6.56. The number of rotatable bonds is 5. The van der Waals surface area contributed by atoms with Crippen molar-refractivity contribution in [2.75, 3.05) is 4.90 Å². The molecule has 2 aromatic heterocycles. The number of nitriles is 1. The van der Waals surface area contributed by atoms with Crippen LogP contribution in [0.4, 0.5) is 14.7 Å². The van der Waals surface area contributed by atoms with Crippen LogP contribution in [0.3, 0.4) is 0 Å². The van der Waals surface area contributed by atoms with E-state index in [2.05, 4.69) is 32.5 Å². The minimum atomic E-state index is -1.05. The third-order valence-corrected chi connectivity index (χ3v) is 7.76. The average Bonchev–Trinajstić information content (AvgIpc) is 3.56. The van der Waals surface area contributed by atoms with E-state index < -0.39 is 17.5 Å². The Morgan fingerprint density at radius 1 is 1.25 bits per heavy atom. The zero-order chi connectivity index (χ0) is 25.2. The van der Waals surface area contributed by atoms with Crippen molar-refractivity contribution in [3.8, 4) is 28.8 Å². The van der Waals surface area contributed by atoms with Crippen LogP contribution in [0.5, 0.6) is 5.75 Å². The molecule has 1 saturated carbocycles. The Morgan fingerprint density at radius 2 is 2.06 bits per heavy atom. The summed E-state index contributed by atoms with van der Waals surface area (Å²) in [6.07, 6.45) is 5.90. The molecule has 11 heteroatoms. The Kier molecular flexibility index (Phi) is 5.02. The third kappa shape index (κ3) is 3.67. The monoisotopic (exact) mass is 492 g/mol. The number of aromatic hydroxyl groups is 1. The topological polar surface area (TPSA) is 116 Å². The van der Waals surface area contributed by atoms with Gasteiger partial charge in [0.15, 0.2) is 11.5 Å². The lowest BCUT2D eigenvalue weighted by molar-refractivity contribution is 0.0828. The number of hydrogen-bond acceptors (Lipinski definition) is 8. The molecule has 3 fully saturated rings. The van der Waals surface area contributed by atoms with Gasteiger partial charge in [0.25, 0.3) is 0 Å². The van der Waals surface area contributed by atoms with Crippen LogP contribution in [-0.2, 0) is 0 Å². The van der Waals surface area contributed by atoms with Crippen molar-refractivity contribution in [3.05, 3.63) is 42.1 Å². The molecule has 1 aliphatic carbocycles. The molecule has 2 saturated heterocycles. The minimum Gasteiger partial charge on any atom is -0.507 e. The molecule has 2 aliphatic heterocycles. The Balaban J connectivity index is 1.28. The van der Waals surface area contributed by atoms with E-state index in [1.54, 1.807) is 18.2 Å². The first-order valence-corrected chi connectivity index (χ1v) is 12.1. The summed E-state index contributed by atoms with van der Waals surface area (Å²) < 4.78 is 30.7. The lowest BCUT2D eigenvalue weighted by Crippen LogP contribution is -2.66. The van der Waals surface area contributed by atoms with Gasteiger partial charge in [0.1, 0.15) is 23.7 Å². The van der Waals surface area contributed by atoms with Gasteiger partial charge in [0.05, 0.1) is 24.1 Å². The normalized spacial score (nSPS) is 29.2. The molecule has 4 atom stereocenters. The predicted octanol–water partition coefficient (Wildman–Crippen LogP) is 3.42. The third-order valence-electron chi connectivity index (χ3n) is 7.76. The number of aromatic nitrogens is 5. The molecule has 0 unspecified atom stereocenters. The van der Waals surface area contributed by atoms with Gasteiger partial charge < -0.3 is 15.3 Å². The maximum Gasteiger partial charge on any atom is 0.245 e. The summed E-state index contributed by atoms with van der Waals surface area (Å²) in [5, 5.41) is 35.6. The minimum absolute atomic E-state index is 0.110. The van der Waals surface area contributed by atoms with Gasteiger partial charge in [-0.1, -0.05) is 0 Å². The molecule has 0 amide bonds. The smallest absolute Gasteiger partial charge is 0.245 e. The molecule has 2 bridgehead atoms. The number of fused-ring (bicyclic) bond motifs is 2. The van der Waals surface area contributed by atoms with Crippen LogP contribution < -0.4 is 10.2 Å². The first-order chi connectivity index (χ1) is 17.2. The summed E-state index contributed by atoms with van der Waals surface area (Å²) in [6, 6.07) is 6.17. The summed E-state index contributed by atoms with van der Waals surface area (Å²) in [7, 11) is 0. The first kappa shape index (κ1) is 22.8. The molecule has 2 N–H and O–H groups in total. The Hall–Kier alpha value is -3.65. The number of hydrogen-bond donors (Lipinski definition) is 2. The number of piperidine rings is 1. The van der Waals surface area contributed by atoms with Gasteiger partial charge in [-0.25, -0.2) is 18.4 Å². The van der Waals surface area contributed by atoms with Crippen LogP contribution in [0, 0.1) is 17.1 Å². The standard InChI is InChI=1S/C25H26F2N8O/c1-24-7-8-25(2,33-24)22(27)20(10-24)35(14-3-4-14)23-29-12-19(30-31-23)16-6-5-15(9-21(16)36)34-13-17(26)18(11-28)32-34/h5-6,9,12-14,20,22,33,36H,3-4,7-8,10H2,1-2H3/t20-,22-,24-,25+/m1/s1. The van der Waals surface area contributed by atoms with Gasteiger partial charge in [-0.2, -0.15) is 10.4 Å². The fourth-order valence-electron chi connectivity index (χ4n) is 5.82. The number of phenols is 1. The average molecular weight is 493 g/mol. The molecular weight excluding hydrogens is 466 g/mol. The van der Waals surface area contributed by atoms with Crippen molar-refractivity contribution in [1.29, 1.82) is 5.26 Å². The van der Waals surface area contributed by atoms with Crippen molar-refractivity contribution >= 4 is 5.95 Å². The van der Waals surface area contributed by atoms with Crippen molar-refractivity contribution in [2.45, 2.75) is 75.3 Å². The lowest BCUT2D eigenvalue weighted by atomic mass is 9.82. The summed E-state index contributed by atoms with van der Waals surface area (Å²) in [5.41, 5.74) is 0.123. The van der Waals surface area contributed by atoms with Crippen molar-refractivity contribution in [1.82, 2.24) is 30.3 Å². The quantitative estimate of drug-likeness (QED) is 0.557. The summed E-state index contributed by atoms with van der Waals surface area (Å²) in [5.74, 6) is -0.467. The van der Waals surface area contributed by atoms with Gasteiger partial charge in [0, 0.05) is 28.7 Å². The Labute approximate surface area is 206 Å². The molecule has 0 spiro atoms. The van der Waals surface area contributed by atoms with Crippen LogP contribution in [-0.4, -0.2) is 59.4 Å². The maximum absolute atomic E-state index is 15.8. The van der Waals surface area contributed by atoms with Gasteiger partial charge in [-0.05, 0) is 58.1 Å². The Bertz CT molecular complexity index is 1370. The summed E-state index contributed by atoms with van der Waals surface area (Å²) in [6.45, 7) is 4.13.